The minimum atomic E-state index is -3.92. The minimum absolute atomic E-state index is 0.0156. The van der Waals surface area contributed by atoms with Crippen molar-refractivity contribution in [1.82, 2.24) is 9.21 Å². The zero-order chi connectivity index (χ0) is 16.6. The molecule has 0 N–H and O–H groups in total. The van der Waals surface area contributed by atoms with Crippen LogP contribution in [0.2, 0.25) is 0 Å². The zero-order valence-corrected chi connectivity index (χ0v) is 13.9. The number of fused-ring (bicyclic) bond motifs is 1. The maximum absolute atomic E-state index is 12.5. The second kappa shape index (κ2) is 5.96. The topological polar surface area (TPSA) is 74.8 Å². The van der Waals surface area contributed by atoms with Gasteiger partial charge in [0.15, 0.2) is 0 Å². The maximum Gasteiger partial charge on any atom is 0.269 e. The van der Waals surface area contributed by atoms with Crippen LogP contribution in [0.25, 0.3) is 0 Å². The molecule has 1 aromatic rings. The van der Waals surface area contributed by atoms with Crippen LogP contribution in [-0.2, 0) is 14.8 Å². The number of likely N-dealkylation sites (N-methyl/N-ethyl adjacent to an activating group) is 1. The third-order valence-corrected chi connectivity index (χ3v) is 6.49. The Bertz CT molecular complexity index is 738. The smallest absolute Gasteiger partial charge is 0.269 e. The summed E-state index contributed by atoms with van der Waals surface area (Å²) in [5.74, 6) is -0.951. The second-order valence-corrected chi connectivity index (χ2v) is 7.94. The van der Waals surface area contributed by atoms with Crippen LogP contribution < -0.4 is 0 Å². The van der Waals surface area contributed by atoms with E-state index in [9.17, 15) is 18.0 Å². The summed E-state index contributed by atoms with van der Waals surface area (Å²) < 4.78 is 25.6. The van der Waals surface area contributed by atoms with Gasteiger partial charge in [-0.2, -0.15) is 0 Å². The molecular formula is C16H20N2O4S. The molecule has 1 aliphatic heterocycles. The van der Waals surface area contributed by atoms with Crippen molar-refractivity contribution in [3.8, 4) is 0 Å². The van der Waals surface area contributed by atoms with Gasteiger partial charge >= 0.3 is 0 Å². The molecule has 1 fully saturated rings. The Balaban J connectivity index is 1.78. The van der Waals surface area contributed by atoms with E-state index in [-0.39, 0.29) is 22.4 Å². The third-order valence-electron chi connectivity index (χ3n) is 4.71. The highest BCUT2D eigenvalue weighted by Crippen LogP contribution is 2.30. The number of sulfonamides is 1. The summed E-state index contributed by atoms with van der Waals surface area (Å²) in [4.78, 5) is 26.4. The van der Waals surface area contributed by atoms with E-state index < -0.39 is 22.5 Å². The van der Waals surface area contributed by atoms with Crippen LogP contribution in [0.4, 0.5) is 0 Å². The van der Waals surface area contributed by atoms with E-state index in [1.165, 1.54) is 18.6 Å². The van der Waals surface area contributed by atoms with Crippen molar-refractivity contribution in [3.05, 3.63) is 29.8 Å². The molecule has 2 amide bonds. The number of amides is 2. The van der Waals surface area contributed by atoms with Gasteiger partial charge in [-0.05, 0) is 25.0 Å². The molecule has 1 heterocycles. The third kappa shape index (κ3) is 2.73. The van der Waals surface area contributed by atoms with Crippen molar-refractivity contribution in [1.29, 1.82) is 0 Å². The summed E-state index contributed by atoms with van der Waals surface area (Å²) in [6, 6.07) is 6.20. The number of rotatable bonds is 3. The van der Waals surface area contributed by atoms with E-state index in [1.54, 1.807) is 24.1 Å². The molecule has 0 unspecified atom stereocenters. The number of benzene rings is 1. The Kier molecular flexibility index (Phi) is 4.14. The van der Waals surface area contributed by atoms with Gasteiger partial charge in [-0.25, -0.2) is 12.7 Å². The minimum Gasteiger partial charge on any atom is -0.341 e. The predicted molar refractivity (Wildman–Crippen MR) is 84.3 cm³/mol. The molecule has 0 bridgehead atoms. The van der Waals surface area contributed by atoms with E-state index in [0.29, 0.717) is 4.31 Å². The van der Waals surface area contributed by atoms with Crippen LogP contribution in [-0.4, -0.2) is 49.1 Å². The number of carbonyl (C=O) groups is 2. The van der Waals surface area contributed by atoms with Crippen LogP contribution in [0.15, 0.2) is 29.2 Å². The molecule has 0 saturated heterocycles. The first-order valence-corrected chi connectivity index (χ1v) is 9.28. The van der Waals surface area contributed by atoms with Gasteiger partial charge in [0.05, 0.1) is 5.56 Å². The highest BCUT2D eigenvalue weighted by Gasteiger charge is 2.42. The van der Waals surface area contributed by atoms with Crippen LogP contribution in [0.5, 0.6) is 0 Å². The van der Waals surface area contributed by atoms with Crippen LogP contribution >= 0.6 is 0 Å². The molecule has 6 nitrogen and oxygen atoms in total. The molecule has 0 aromatic heterocycles. The normalized spacial score (nSPS) is 20.4. The fraction of sp³-hybridized carbons (Fsp3) is 0.500. The monoisotopic (exact) mass is 336 g/mol. The predicted octanol–water partition coefficient (Wildman–Crippen LogP) is 1.62. The van der Waals surface area contributed by atoms with Gasteiger partial charge in [-0.15, -0.1) is 0 Å². The Labute approximate surface area is 136 Å². The lowest BCUT2D eigenvalue weighted by atomic mass is 9.94. The Morgan fingerprint density at radius 1 is 1.22 bits per heavy atom. The van der Waals surface area contributed by atoms with Crippen LogP contribution in [0.1, 0.15) is 42.5 Å². The van der Waals surface area contributed by atoms with Gasteiger partial charge in [0.2, 0.25) is 5.91 Å². The lowest BCUT2D eigenvalue weighted by molar-refractivity contribution is -0.132. The molecule has 1 aliphatic carbocycles. The fourth-order valence-electron chi connectivity index (χ4n) is 3.29. The Morgan fingerprint density at radius 2 is 1.87 bits per heavy atom. The summed E-state index contributed by atoms with van der Waals surface area (Å²) in [5, 5.41) is 0. The summed E-state index contributed by atoms with van der Waals surface area (Å²) in [5.41, 5.74) is 0.139. The van der Waals surface area contributed by atoms with Crippen LogP contribution in [0.3, 0.4) is 0 Å². The van der Waals surface area contributed by atoms with E-state index in [0.717, 1.165) is 25.7 Å². The zero-order valence-electron chi connectivity index (χ0n) is 13.1. The average Bonchev–Trinajstić information content (AvgIpc) is 2.76. The van der Waals surface area contributed by atoms with E-state index in [4.69, 9.17) is 0 Å². The van der Waals surface area contributed by atoms with E-state index >= 15 is 0 Å². The molecule has 3 rings (SSSR count). The van der Waals surface area contributed by atoms with Crippen molar-refractivity contribution in [2.75, 3.05) is 13.6 Å². The summed E-state index contributed by atoms with van der Waals surface area (Å²) >= 11 is 0. The Morgan fingerprint density at radius 3 is 2.52 bits per heavy atom. The summed E-state index contributed by atoms with van der Waals surface area (Å²) in [6.07, 6.45) is 5.20. The number of nitrogens with zero attached hydrogens (tertiary/aromatic N) is 2. The molecule has 0 radical (unpaired) electrons. The molecule has 7 heteroatoms. The first-order chi connectivity index (χ1) is 10.9. The highest BCUT2D eigenvalue weighted by molar-refractivity contribution is 7.90. The molecule has 1 aromatic carbocycles. The van der Waals surface area contributed by atoms with Crippen molar-refractivity contribution in [2.24, 2.45) is 0 Å². The van der Waals surface area contributed by atoms with Gasteiger partial charge in [0.25, 0.3) is 15.9 Å². The molecule has 1 saturated carbocycles. The van der Waals surface area contributed by atoms with Gasteiger partial charge in [0, 0.05) is 13.1 Å². The standard InChI is InChI=1S/C16H20N2O4S/c1-17(12-7-3-2-4-8-12)15(19)11-18-16(20)13-9-5-6-10-14(13)23(18,21)22/h5-6,9-10,12H,2-4,7-8,11H2,1H3. The number of hydrogen-bond donors (Lipinski definition) is 0. The number of hydrogen-bond acceptors (Lipinski definition) is 4. The average molecular weight is 336 g/mol. The van der Waals surface area contributed by atoms with E-state index in [2.05, 4.69) is 0 Å². The lowest BCUT2D eigenvalue weighted by Gasteiger charge is -2.32. The van der Waals surface area contributed by atoms with Gasteiger partial charge < -0.3 is 4.90 Å². The van der Waals surface area contributed by atoms with E-state index in [1.807, 2.05) is 0 Å². The molecule has 2 aliphatic rings. The largest absolute Gasteiger partial charge is 0.341 e. The van der Waals surface area contributed by atoms with Crippen molar-refractivity contribution in [3.63, 3.8) is 0 Å². The maximum atomic E-state index is 12.5. The SMILES string of the molecule is CN(C(=O)CN1C(=O)c2ccccc2S1(=O)=O)C1CCCCC1. The first kappa shape index (κ1) is 16.0. The van der Waals surface area contributed by atoms with Crippen LogP contribution in [0, 0.1) is 0 Å². The quantitative estimate of drug-likeness (QED) is 0.841. The van der Waals surface area contributed by atoms with Crippen molar-refractivity contribution in [2.45, 2.75) is 43.0 Å². The van der Waals surface area contributed by atoms with Crippen molar-refractivity contribution < 1.29 is 18.0 Å². The molecular weight excluding hydrogens is 316 g/mol. The molecule has 0 spiro atoms. The molecule has 124 valence electrons. The second-order valence-electron chi connectivity index (χ2n) is 6.11. The first-order valence-electron chi connectivity index (χ1n) is 7.84. The molecule has 23 heavy (non-hydrogen) atoms. The van der Waals surface area contributed by atoms with Gasteiger partial charge in [0.1, 0.15) is 11.4 Å². The summed E-state index contributed by atoms with van der Waals surface area (Å²) in [7, 11) is -2.23. The Hall–Kier alpha value is -1.89. The lowest BCUT2D eigenvalue weighted by Crippen LogP contribution is -2.45. The number of carbonyl (C=O) groups excluding carboxylic acids is 2. The fourth-order valence-corrected chi connectivity index (χ4v) is 4.81. The van der Waals surface area contributed by atoms with Gasteiger partial charge in [-0.3, -0.25) is 9.59 Å². The van der Waals surface area contributed by atoms with Crippen molar-refractivity contribution >= 4 is 21.8 Å². The van der Waals surface area contributed by atoms with Gasteiger partial charge in [-0.1, -0.05) is 31.4 Å². The molecule has 0 atom stereocenters. The highest BCUT2D eigenvalue weighted by atomic mass is 32.2. The summed E-state index contributed by atoms with van der Waals surface area (Å²) in [6.45, 7) is -0.428.